The van der Waals surface area contributed by atoms with Crippen LogP contribution in [0.4, 0.5) is 0 Å². The van der Waals surface area contributed by atoms with E-state index in [0.717, 1.165) is 0 Å². The first-order valence-corrected chi connectivity index (χ1v) is 5.68. The Bertz CT molecular complexity index is 453. The van der Waals surface area contributed by atoms with Gasteiger partial charge in [-0.15, -0.1) is 0 Å². The fourth-order valence-electron chi connectivity index (χ4n) is 2.18. The molecule has 1 aromatic heterocycles. The van der Waals surface area contributed by atoms with Crippen LogP contribution >= 0.6 is 0 Å². The number of hydrogen-bond donors (Lipinski definition) is 0. The molecule has 0 amide bonds. The molecule has 0 unspecified atom stereocenters. The van der Waals surface area contributed by atoms with Crippen LogP contribution in [0.1, 0.15) is 38.2 Å². The summed E-state index contributed by atoms with van der Waals surface area (Å²) < 4.78 is 1.95. The van der Waals surface area contributed by atoms with Gasteiger partial charge in [0.2, 0.25) is 0 Å². The summed E-state index contributed by atoms with van der Waals surface area (Å²) in [4.78, 5) is 0. The highest BCUT2D eigenvalue weighted by molar-refractivity contribution is 5.79. The predicted octanol–water partition coefficient (Wildman–Crippen LogP) is 3.48. The summed E-state index contributed by atoms with van der Waals surface area (Å²) in [5.41, 5.74) is 2.68. The van der Waals surface area contributed by atoms with Gasteiger partial charge in [-0.2, -0.15) is 5.10 Å². The molecule has 2 rings (SSSR count). The second-order valence-corrected chi connectivity index (χ2v) is 4.10. The molecule has 2 heteroatoms. The van der Waals surface area contributed by atoms with Gasteiger partial charge < -0.3 is 0 Å². The van der Waals surface area contributed by atoms with Crippen LogP contribution < -0.4 is 0 Å². The Morgan fingerprint density at radius 3 is 2.67 bits per heavy atom. The molecule has 0 saturated heterocycles. The van der Waals surface area contributed by atoms with E-state index >= 15 is 0 Å². The Morgan fingerprint density at radius 2 is 2.00 bits per heavy atom. The zero-order chi connectivity index (χ0) is 10.8. The van der Waals surface area contributed by atoms with Crippen LogP contribution in [0, 0.1) is 0 Å². The molecular formula is C13H18N2. The second kappa shape index (κ2) is 4.05. The summed E-state index contributed by atoms with van der Waals surface area (Å²) in [7, 11) is 2.00. The first-order chi connectivity index (χ1) is 7.26. The molecule has 1 aromatic carbocycles. The van der Waals surface area contributed by atoms with Crippen molar-refractivity contribution in [1.29, 1.82) is 0 Å². The van der Waals surface area contributed by atoms with Crippen LogP contribution in [-0.2, 0) is 7.05 Å². The maximum Gasteiger partial charge on any atom is 0.0681 e. The van der Waals surface area contributed by atoms with E-state index in [-0.39, 0.29) is 0 Å². The topological polar surface area (TPSA) is 17.8 Å². The van der Waals surface area contributed by atoms with E-state index in [4.69, 9.17) is 0 Å². The fraction of sp³-hybridized carbons (Fsp3) is 0.462. The number of rotatable bonds is 3. The lowest BCUT2D eigenvalue weighted by Crippen LogP contribution is -1.96. The van der Waals surface area contributed by atoms with E-state index < -0.39 is 0 Å². The van der Waals surface area contributed by atoms with Crippen molar-refractivity contribution in [3.63, 3.8) is 0 Å². The van der Waals surface area contributed by atoms with Gasteiger partial charge in [-0.25, -0.2) is 0 Å². The monoisotopic (exact) mass is 202 g/mol. The molecule has 0 radical (unpaired) electrons. The number of aromatic nitrogens is 2. The van der Waals surface area contributed by atoms with Crippen molar-refractivity contribution in [2.75, 3.05) is 0 Å². The first kappa shape index (κ1) is 10.2. The third-order valence-electron chi connectivity index (χ3n) is 3.23. The Kier molecular flexibility index (Phi) is 2.76. The van der Waals surface area contributed by atoms with E-state index in [0.29, 0.717) is 5.92 Å². The molecule has 0 aliphatic rings. The fourth-order valence-corrected chi connectivity index (χ4v) is 2.18. The van der Waals surface area contributed by atoms with Gasteiger partial charge in [0, 0.05) is 12.4 Å². The summed E-state index contributed by atoms with van der Waals surface area (Å²) in [5, 5.41) is 5.49. The lowest BCUT2D eigenvalue weighted by Gasteiger charge is -2.12. The highest BCUT2D eigenvalue weighted by atomic mass is 15.2. The Labute approximate surface area is 90.9 Å². The molecule has 0 aliphatic carbocycles. The van der Waals surface area contributed by atoms with Crippen LogP contribution in [0.2, 0.25) is 0 Å². The third-order valence-corrected chi connectivity index (χ3v) is 3.23. The SMILES string of the molecule is CCC(CC)c1ccc2cnn(C)c2c1. The summed E-state index contributed by atoms with van der Waals surface area (Å²) in [6.07, 6.45) is 4.34. The van der Waals surface area contributed by atoms with Gasteiger partial charge in [0.05, 0.1) is 11.7 Å². The Hall–Kier alpha value is -1.31. The molecule has 0 bridgehead atoms. The summed E-state index contributed by atoms with van der Waals surface area (Å²) in [5.74, 6) is 0.685. The Balaban J connectivity index is 2.49. The highest BCUT2D eigenvalue weighted by Gasteiger charge is 2.08. The minimum atomic E-state index is 0.685. The second-order valence-electron chi connectivity index (χ2n) is 4.10. The van der Waals surface area contributed by atoms with Crippen LogP contribution in [0.25, 0.3) is 10.9 Å². The zero-order valence-electron chi connectivity index (χ0n) is 9.70. The lowest BCUT2D eigenvalue weighted by atomic mass is 9.93. The molecule has 0 N–H and O–H groups in total. The van der Waals surface area contributed by atoms with Crippen LogP contribution in [0.15, 0.2) is 24.4 Å². The number of hydrogen-bond acceptors (Lipinski definition) is 1. The average Bonchev–Trinajstić information content (AvgIpc) is 2.62. The standard InChI is InChI=1S/C13H18N2/c1-4-10(5-2)11-6-7-12-9-14-15(3)13(12)8-11/h6-10H,4-5H2,1-3H3. The molecule has 0 fully saturated rings. The number of benzene rings is 1. The molecular weight excluding hydrogens is 184 g/mol. The van der Waals surface area contributed by atoms with E-state index in [1.165, 1.54) is 29.3 Å². The van der Waals surface area contributed by atoms with Gasteiger partial charge in [-0.05, 0) is 30.4 Å². The lowest BCUT2D eigenvalue weighted by molar-refractivity contribution is 0.642. The number of fused-ring (bicyclic) bond motifs is 1. The highest BCUT2D eigenvalue weighted by Crippen LogP contribution is 2.25. The van der Waals surface area contributed by atoms with Crippen LogP contribution in [-0.4, -0.2) is 9.78 Å². The summed E-state index contributed by atoms with van der Waals surface area (Å²) in [6.45, 7) is 4.50. The van der Waals surface area contributed by atoms with E-state index in [9.17, 15) is 0 Å². The summed E-state index contributed by atoms with van der Waals surface area (Å²) >= 11 is 0. The summed E-state index contributed by atoms with van der Waals surface area (Å²) in [6, 6.07) is 6.69. The first-order valence-electron chi connectivity index (χ1n) is 5.68. The largest absolute Gasteiger partial charge is 0.268 e. The third kappa shape index (κ3) is 1.76. The van der Waals surface area contributed by atoms with Crippen molar-refractivity contribution >= 4 is 10.9 Å². The molecule has 0 spiro atoms. The van der Waals surface area contributed by atoms with Gasteiger partial charge >= 0.3 is 0 Å². The molecule has 0 saturated carbocycles. The van der Waals surface area contributed by atoms with Gasteiger partial charge in [0.25, 0.3) is 0 Å². The van der Waals surface area contributed by atoms with Crippen LogP contribution in [0.5, 0.6) is 0 Å². The van der Waals surface area contributed by atoms with Crippen molar-refractivity contribution in [3.05, 3.63) is 30.0 Å². The Morgan fingerprint density at radius 1 is 1.27 bits per heavy atom. The number of nitrogens with zero attached hydrogens (tertiary/aromatic N) is 2. The predicted molar refractivity (Wildman–Crippen MR) is 64.0 cm³/mol. The molecule has 2 aromatic rings. The normalized spacial score (nSPS) is 11.5. The minimum Gasteiger partial charge on any atom is -0.268 e. The van der Waals surface area contributed by atoms with Crippen molar-refractivity contribution < 1.29 is 0 Å². The maximum absolute atomic E-state index is 4.26. The molecule has 0 aliphatic heterocycles. The van der Waals surface area contributed by atoms with Crippen molar-refractivity contribution in [2.24, 2.45) is 7.05 Å². The average molecular weight is 202 g/mol. The van der Waals surface area contributed by atoms with Gasteiger partial charge in [0.15, 0.2) is 0 Å². The van der Waals surface area contributed by atoms with E-state index in [1.54, 1.807) is 0 Å². The quantitative estimate of drug-likeness (QED) is 0.745. The molecule has 0 atom stereocenters. The molecule has 15 heavy (non-hydrogen) atoms. The van der Waals surface area contributed by atoms with Crippen molar-refractivity contribution in [2.45, 2.75) is 32.6 Å². The smallest absolute Gasteiger partial charge is 0.0681 e. The van der Waals surface area contributed by atoms with Crippen molar-refractivity contribution in [1.82, 2.24) is 9.78 Å². The van der Waals surface area contributed by atoms with Crippen molar-refractivity contribution in [3.8, 4) is 0 Å². The molecule has 80 valence electrons. The molecule has 2 nitrogen and oxygen atoms in total. The van der Waals surface area contributed by atoms with E-state index in [1.807, 2.05) is 17.9 Å². The zero-order valence-corrected chi connectivity index (χ0v) is 9.70. The van der Waals surface area contributed by atoms with Gasteiger partial charge in [0.1, 0.15) is 0 Å². The van der Waals surface area contributed by atoms with Crippen LogP contribution in [0.3, 0.4) is 0 Å². The van der Waals surface area contributed by atoms with Gasteiger partial charge in [-0.3, -0.25) is 4.68 Å². The minimum absolute atomic E-state index is 0.685. The van der Waals surface area contributed by atoms with E-state index in [2.05, 4.69) is 37.1 Å². The molecule has 1 heterocycles. The maximum atomic E-state index is 4.26. The number of aryl methyl sites for hydroxylation is 1. The van der Waals surface area contributed by atoms with Gasteiger partial charge in [-0.1, -0.05) is 26.0 Å².